The molecule has 1 amide bonds. The van der Waals surface area contributed by atoms with E-state index in [0.29, 0.717) is 46.2 Å². The summed E-state index contributed by atoms with van der Waals surface area (Å²) >= 11 is 0. The minimum Gasteiger partial charge on any atom is -0.506 e. The Labute approximate surface area is 208 Å². The number of likely N-dealkylation sites (N-methyl/N-ethyl adjacent to an activating group) is 1. The molecule has 3 aromatic carbocycles. The van der Waals surface area contributed by atoms with Crippen LogP contribution in [0.5, 0.6) is 11.5 Å². The molecular weight excluding hydrogens is 460 g/mol. The number of fused-ring (bicyclic) bond motifs is 4. The van der Waals surface area contributed by atoms with Gasteiger partial charge in [-0.25, -0.2) is 14.8 Å². The van der Waals surface area contributed by atoms with Crippen molar-refractivity contribution >= 4 is 44.7 Å². The number of phenolic OH excluding ortho intramolecular Hbond substituents is 1. The van der Waals surface area contributed by atoms with E-state index in [-0.39, 0.29) is 28.4 Å². The molecule has 3 N–H and O–H groups in total. The fourth-order valence-electron chi connectivity index (χ4n) is 3.96. The number of unbranched alkanes of at least 4 members (excludes halogenated alkanes) is 1. The number of ether oxygens (including phenoxy) is 2. The van der Waals surface area contributed by atoms with Gasteiger partial charge in [0.05, 0.1) is 30.3 Å². The van der Waals surface area contributed by atoms with Gasteiger partial charge in [-0.1, -0.05) is 37.6 Å². The molecule has 0 bridgehead atoms. The lowest BCUT2D eigenvalue weighted by Crippen LogP contribution is -2.37. The number of phenols is 1. The first kappa shape index (κ1) is 25.1. The molecule has 9 heteroatoms. The third kappa shape index (κ3) is 4.74. The maximum Gasteiger partial charge on any atom is 0.341 e. The van der Waals surface area contributed by atoms with Gasteiger partial charge in [0, 0.05) is 29.4 Å². The Morgan fingerprint density at radius 1 is 1.08 bits per heavy atom. The highest BCUT2D eigenvalue weighted by atomic mass is 16.5. The van der Waals surface area contributed by atoms with Crippen molar-refractivity contribution < 1.29 is 24.2 Å². The molecule has 0 fully saturated rings. The second kappa shape index (κ2) is 10.7. The van der Waals surface area contributed by atoms with E-state index in [4.69, 9.17) is 19.4 Å². The van der Waals surface area contributed by atoms with E-state index in [2.05, 4.69) is 17.6 Å². The number of benzene rings is 3. The second-order valence-electron chi connectivity index (χ2n) is 8.62. The number of hydrogen-bond acceptors (Lipinski definition) is 8. The fraction of sp³-hybridized carbons (Fsp3) is 0.333. The van der Waals surface area contributed by atoms with Crippen LogP contribution >= 0.6 is 0 Å². The van der Waals surface area contributed by atoms with Gasteiger partial charge in [0.2, 0.25) is 0 Å². The van der Waals surface area contributed by atoms with Crippen molar-refractivity contribution in [3.63, 3.8) is 0 Å². The molecule has 36 heavy (non-hydrogen) atoms. The van der Waals surface area contributed by atoms with Crippen LogP contribution in [-0.2, 0) is 4.74 Å². The molecular formula is C27H30N4O5. The molecule has 1 heterocycles. The molecule has 1 atom stereocenters. The van der Waals surface area contributed by atoms with Crippen LogP contribution in [0.2, 0.25) is 0 Å². The highest BCUT2D eigenvalue weighted by Gasteiger charge is 2.24. The number of carbonyl (C=O) groups is 2. The lowest BCUT2D eigenvalue weighted by Gasteiger charge is -2.16. The number of nitrogens with one attached hydrogen (secondary N) is 2. The molecule has 9 nitrogen and oxygen atoms in total. The highest BCUT2D eigenvalue weighted by molar-refractivity contribution is 6.19. The van der Waals surface area contributed by atoms with E-state index in [1.165, 1.54) is 7.11 Å². The van der Waals surface area contributed by atoms with Gasteiger partial charge in [-0.2, -0.15) is 0 Å². The molecule has 1 aromatic heterocycles. The summed E-state index contributed by atoms with van der Waals surface area (Å²) in [5, 5.41) is 18.2. The van der Waals surface area contributed by atoms with E-state index < -0.39 is 11.9 Å². The van der Waals surface area contributed by atoms with E-state index in [1.54, 1.807) is 31.3 Å². The first-order valence-corrected chi connectivity index (χ1v) is 11.9. The van der Waals surface area contributed by atoms with Crippen LogP contribution in [0.25, 0.3) is 32.8 Å². The largest absolute Gasteiger partial charge is 0.506 e. The number of amides is 1. The molecule has 0 spiro atoms. The standard InChI is InChI=1S/C27H30N4O5/c1-5-6-11-36-21-13-20-19(12-18(21)27(34)35-4)31-24-22(26(33)29-14-15(2)28-3)25(32)17-10-8-7-9-16(17)23(24)30-20/h7-10,12-13,15,28,32H,5-6,11,14H2,1-4H3,(H,29,33). The summed E-state index contributed by atoms with van der Waals surface area (Å²) in [6.45, 7) is 4.78. The normalized spacial score (nSPS) is 12.1. The Morgan fingerprint density at radius 2 is 1.78 bits per heavy atom. The molecule has 188 valence electrons. The molecule has 4 aromatic rings. The third-order valence-electron chi connectivity index (χ3n) is 6.13. The number of nitrogens with zero attached hydrogens (tertiary/aromatic N) is 2. The molecule has 0 saturated heterocycles. The first-order valence-electron chi connectivity index (χ1n) is 11.9. The Kier molecular flexibility index (Phi) is 7.49. The Bertz CT molecular complexity index is 1450. The summed E-state index contributed by atoms with van der Waals surface area (Å²) in [5.41, 5.74) is 1.82. The number of carbonyl (C=O) groups excluding carboxylic acids is 2. The summed E-state index contributed by atoms with van der Waals surface area (Å²) in [4.78, 5) is 35.3. The lowest BCUT2D eigenvalue weighted by atomic mass is 10.0. The zero-order valence-corrected chi connectivity index (χ0v) is 20.8. The van der Waals surface area contributed by atoms with Crippen molar-refractivity contribution in [2.24, 2.45) is 0 Å². The summed E-state index contributed by atoms with van der Waals surface area (Å²) in [7, 11) is 3.10. The van der Waals surface area contributed by atoms with Crippen LogP contribution in [0.15, 0.2) is 36.4 Å². The number of esters is 1. The van der Waals surface area contributed by atoms with Crippen LogP contribution in [0.4, 0.5) is 0 Å². The SMILES string of the molecule is CCCCOc1cc2nc3c(nc2cc1C(=O)OC)c(C(=O)NCC(C)NC)c(O)c1ccccc13. The summed E-state index contributed by atoms with van der Waals surface area (Å²) in [5.74, 6) is -0.843. The number of aromatic hydroxyl groups is 1. The molecule has 0 aliphatic heterocycles. The predicted octanol–water partition coefficient (Wildman–Crippen LogP) is 3.95. The fourth-order valence-corrected chi connectivity index (χ4v) is 3.96. The van der Waals surface area contributed by atoms with Crippen LogP contribution in [0.3, 0.4) is 0 Å². The molecule has 4 rings (SSSR count). The summed E-state index contributed by atoms with van der Waals surface area (Å²) in [6, 6.07) is 10.4. The molecule has 0 aliphatic rings. The molecule has 1 unspecified atom stereocenters. The molecule has 0 radical (unpaired) electrons. The lowest BCUT2D eigenvalue weighted by molar-refractivity contribution is 0.0596. The van der Waals surface area contributed by atoms with Crippen molar-refractivity contribution in [3.05, 3.63) is 47.5 Å². The van der Waals surface area contributed by atoms with E-state index in [9.17, 15) is 14.7 Å². The molecule has 0 aliphatic carbocycles. The summed E-state index contributed by atoms with van der Waals surface area (Å²) < 4.78 is 10.8. The number of hydrogen-bond donors (Lipinski definition) is 3. The van der Waals surface area contributed by atoms with Gasteiger partial charge in [-0.3, -0.25) is 4.79 Å². The van der Waals surface area contributed by atoms with E-state index >= 15 is 0 Å². The zero-order chi connectivity index (χ0) is 25.8. The topological polar surface area (TPSA) is 123 Å². The van der Waals surface area contributed by atoms with E-state index in [1.807, 2.05) is 19.1 Å². The maximum atomic E-state index is 13.2. The monoisotopic (exact) mass is 490 g/mol. The van der Waals surface area contributed by atoms with Gasteiger partial charge in [-0.15, -0.1) is 0 Å². The quantitative estimate of drug-likeness (QED) is 0.140. The average molecular weight is 491 g/mol. The minimum absolute atomic E-state index is 0.0310. The van der Waals surface area contributed by atoms with Gasteiger partial charge >= 0.3 is 5.97 Å². The maximum absolute atomic E-state index is 13.2. The van der Waals surface area contributed by atoms with Gasteiger partial charge in [-0.05, 0) is 26.5 Å². The van der Waals surface area contributed by atoms with Crippen LogP contribution in [0, 0.1) is 0 Å². The van der Waals surface area contributed by atoms with Crippen molar-refractivity contribution in [1.29, 1.82) is 0 Å². The Morgan fingerprint density at radius 3 is 2.47 bits per heavy atom. The number of rotatable bonds is 9. The molecule has 0 saturated carbocycles. The number of methoxy groups -OCH3 is 1. The van der Waals surface area contributed by atoms with Crippen molar-refractivity contribution in [2.75, 3.05) is 27.3 Å². The van der Waals surface area contributed by atoms with Gasteiger partial charge in [0.15, 0.2) is 0 Å². The minimum atomic E-state index is -0.564. The van der Waals surface area contributed by atoms with Crippen molar-refractivity contribution in [1.82, 2.24) is 20.6 Å². The second-order valence-corrected chi connectivity index (χ2v) is 8.62. The van der Waals surface area contributed by atoms with E-state index in [0.717, 1.165) is 12.8 Å². The third-order valence-corrected chi connectivity index (χ3v) is 6.13. The Hall–Kier alpha value is -3.98. The van der Waals surface area contributed by atoms with Crippen molar-refractivity contribution in [2.45, 2.75) is 32.7 Å². The van der Waals surface area contributed by atoms with Crippen LogP contribution in [0.1, 0.15) is 47.4 Å². The number of aromatic nitrogens is 2. The highest BCUT2D eigenvalue weighted by Crippen LogP contribution is 2.37. The van der Waals surface area contributed by atoms with Gasteiger partial charge in [0.1, 0.15) is 28.1 Å². The first-order chi connectivity index (χ1) is 17.4. The summed E-state index contributed by atoms with van der Waals surface area (Å²) in [6.07, 6.45) is 1.77. The van der Waals surface area contributed by atoms with Crippen molar-refractivity contribution in [3.8, 4) is 11.5 Å². The Balaban J connectivity index is 1.98. The van der Waals surface area contributed by atoms with Crippen LogP contribution in [-0.4, -0.2) is 60.3 Å². The van der Waals surface area contributed by atoms with Gasteiger partial charge < -0.3 is 25.2 Å². The zero-order valence-electron chi connectivity index (χ0n) is 20.8. The van der Waals surface area contributed by atoms with Crippen LogP contribution < -0.4 is 15.4 Å². The smallest absolute Gasteiger partial charge is 0.341 e. The van der Waals surface area contributed by atoms with Gasteiger partial charge in [0.25, 0.3) is 5.91 Å². The average Bonchev–Trinajstić information content (AvgIpc) is 2.90. The predicted molar refractivity (Wildman–Crippen MR) is 139 cm³/mol.